The summed E-state index contributed by atoms with van der Waals surface area (Å²) >= 11 is 5.99. The smallest absolute Gasteiger partial charge is 0.152 e. The molecule has 0 amide bonds. The van der Waals surface area contributed by atoms with Gasteiger partial charge in [0.2, 0.25) is 0 Å². The first kappa shape index (κ1) is 12.3. The number of anilines is 1. The fourth-order valence-corrected chi connectivity index (χ4v) is 1.54. The number of hydrogen-bond donors (Lipinski definition) is 1. The third-order valence-electron chi connectivity index (χ3n) is 2.08. The van der Waals surface area contributed by atoms with Gasteiger partial charge < -0.3 is 10.1 Å². The second-order valence-corrected chi connectivity index (χ2v) is 3.86. The first-order valence-corrected chi connectivity index (χ1v) is 5.48. The van der Waals surface area contributed by atoms with Crippen molar-refractivity contribution in [1.29, 1.82) is 0 Å². The van der Waals surface area contributed by atoms with Crippen LogP contribution in [-0.2, 0) is 4.74 Å². The van der Waals surface area contributed by atoms with E-state index in [-0.39, 0.29) is 6.04 Å². The van der Waals surface area contributed by atoms with Crippen molar-refractivity contribution in [2.75, 3.05) is 18.5 Å². The van der Waals surface area contributed by atoms with Gasteiger partial charge in [-0.2, -0.15) is 0 Å². The standard InChI is InChI=1S/C11H17ClN2O/c1-4-15-7-9(3)14-10-8(2)5-6-13-11(10)12/h5-6,9,14H,4,7H2,1-3H3. The number of nitrogens with zero attached hydrogens (tertiary/aromatic N) is 1. The van der Waals surface area contributed by atoms with E-state index in [4.69, 9.17) is 16.3 Å². The van der Waals surface area contributed by atoms with Crippen molar-refractivity contribution in [2.24, 2.45) is 0 Å². The Morgan fingerprint density at radius 2 is 2.33 bits per heavy atom. The number of hydrogen-bond acceptors (Lipinski definition) is 3. The SMILES string of the molecule is CCOCC(C)Nc1c(C)ccnc1Cl. The van der Waals surface area contributed by atoms with Crippen LogP contribution in [0.15, 0.2) is 12.3 Å². The van der Waals surface area contributed by atoms with Crippen molar-refractivity contribution in [2.45, 2.75) is 26.8 Å². The molecule has 0 fully saturated rings. The molecule has 0 spiro atoms. The number of aryl methyl sites for hydroxylation is 1. The Morgan fingerprint density at radius 1 is 1.60 bits per heavy atom. The van der Waals surface area contributed by atoms with E-state index in [2.05, 4.69) is 17.2 Å². The van der Waals surface area contributed by atoms with E-state index >= 15 is 0 Å². The predicted molar refractivity (Wildman–Crippen MR) is 63.6 cm³/mol. The summed E-state index contributed by atoms with van der Waals surface area (Å²) in [6.07, 6.45) is 1.70. The van der Waals surface area contributed by atoms with E-state index in [0.29, 0.717) is 11.8 Å². The topological polar surface area (TPSA) is 34.1 Å². The van der Waals surface area contributed by atoms with Gasteiger partial charge in [0.25, 0.3) is 0 Å². The molecule has 84 valence electrons. The molecule has 0 aliphatic carbocycles. The zero-order valence-corrected chi connectivity index (χ0v) is 10.1. The van der Waals surface area contributed by atoms with Crippen LogP contribution in [0.4, 0.5) is 5.69 Å². The average Bonchev–Trinajstić information content (AvgIpc) is 2.21. The third-order valence-corrected chi connectivity index (χ3v) is 2.36. The minimum absolute atomic E-state index is 0.227. The fourth-order valence-electron chi connectivity index (χ4n) is 1.28. The summed E-state index contributed by atoms with van der Waals surface area (Å²) in [6.45, 7) is 7.43. The van der Waals surface area contributed by atoms with Gasteiger partial charge in [-0.15, -0.1) is 0 Å². The van der Waals surface area contributed by atoms with Crippen molar-refractivity contribution in [3.05, 3.63) is 23.0 Å². The fraction of sp³-hybridized carbons (Fsp3) is 0.545. The first-order valence-electron chi connectivity index (χ1n) is 5.10. The lowest BCUT2D eigenvalue weighted by Gasteiger charge is -2.17. The molecule has 0 radical (unpaired) electrons. The van der Waals surface area contributed by atoms with Crippen LogP contribution < -0.4 is 5.32 Å². The minimum Gasteiger partial charge on any atom is -0.380 e. The maximum Gasteiger partial charge on any atom is 0.152 e. The molecule has 0 aliphatic rings. The van der Waals surface area contributed by atoms with E-state index in [1.165, 1.54) is 0 Å². The summed E-state index contributed by atoms with van der Waals surface area (Å²) in [5, 5.41) is 3.81. The molecular formula is C11H17ClN2O. The van der Waals surface area contributed by atoms with Crippen molar-refractivity contribution in [3.63, 3.8) is 0 Å². The predicted octanol–water partition coefficient (Wildman–Crippen LogP) is 2.88. The highest BCUT2D eigenvalue weighted by atomic mass is 35.5. The zero-order chi connectivity index (χ0) is 11.3. The molecule has 1 heterocycles. The van der Waals surface area contributed by atoms with Gasteiger partial charge in [0, 0.05) is 18.8 Å². The highest BCUT2D eigenvalue weighted by molar-refractivity contribution is 6.32. The number of aromatic nitrogens is 1. The van der Waals surface area contributed by atoms with Crippen LogP contribution in [0.3, 0.4) is 0 Å². The molecule has 0 saturated carbocycles. The van der Waals surface area contributed by atoms with E-state index in [1.807, 2.05) is 19.9 Å². The number of pyridine rings is 1. The minimum atomic E-state index is 0.227. The number of ether oxygens (including phenoxy) is 1. The van der Waals surface area contributed by atoms with Crippen LogP contribution in [0.5, 0.6) is 0 Å². The van der Waals surface area contributed by atoms with Crippen molar-refractivity contribution in [3.8, 4) is 0 Å². The van der Waals surface area contributed by atoms with Crippen LogP contribution in [0, 0.1) is 6.92 Å². The molecule has 0 bridgehead atoms. The van der Waals surface area contributed by atoms with Crippen molar-refractivity contribution >= 4 is 17.3 Å². The number of halogens is 1. The molecule has 1 N–H and O–H groups in total. The van der Waals surface area contributed by atoms with Crippen LogP contribution >= 0.6 is 11.6 Å². The van der Waals surface area contributed by atoms with Gasteiger partial charge in [-0.3, -0.25) is 0 Å². The van der Waals surface area contributed by atoms with Gasteiger partial charge in [-0.25, -0.2) is 4.98 Å². The zero-order valence-electron chi connectivity index (χ0n) is 9.38. The largest absolute Gasteiger partial charge is 0.380 e. The van der Waals surface area contributed by atoms with Gasteiger partial charge in [0.05, 0.1) is 12.3 Å². The average molecular weight is 229 g/mol. The monoisotopic (exact) mass is 228 g/mol. The molecule has 0 aromatic carbocycles. The van der Waals surface area contributed by atoms with Crippen molar-refractivity contribution < 1.29 is 4.74 Å². The lowest BCUT2D eigenvalue weighted by molar-refractivity contribution is 0.141. The Morgan fingerprint density at radius 3 is 2.93 bits per heavy atom. The van der Waals surface area contributed by atoms with Gasteiger partial charge >= 0.3 is 0 Å². The molecule has 1 aromatic heterocycles. The molecular weight excluding hydrogens is 212 g/mol. The Hall–Kier alpha value is -0.800. The molecule has 1 unspecified atom stereocenters. The maximum absolute atomic E-state index is 5.99. The van der Waals surface area contributed by atoms with Crippen LogP contribution in [0.25, 0.3) is 0 Å². The first-order chi connectivity index (χ1) is 7.15. The molecule has 15 heavy (non-hydrogen) atoms. The maximum atomic E-state index is 5.99. The normalized spacial score (nSPS) is 12.5. The Bertz CT molecular complexity index is 297. The summed E-state index contributed by atoms with van der Waals surface area (Å²) in [5.41, 5.74) is 1.99. The second kappa shape index (κ2) is 5.93. The summed E-state index contributed by atoms with van der Waals surface area (Å²) in [7, 11) is 0. The highest BCUT2D eigenvalue weighted by Gasteiger charge is 2.08. The Kier molecular flexibility index (Phi) is 4.85. The van der Waals surface area contributed by atoms with Gasteiger partial charge in [0.1, 0.15) is 0 Å². The lowest BCUT2D eigenvalue weighted by atomic mass is 10.2. The molecule has 1 aromatic rings. The van der Waals surface area contributed by atoms with E-state index in [0.717, 1.165) is 17.9 Å². The molecule has 3 nitrogen and oxygen atoms in total. The second-order valence-electron chi connectivity index (χ2n) is 3.50. The summed E-state index contributed by atoms with van der Waals surface area (Å²) in [5.74, 6) is 0. The Balaban J connectivity index is 2.63. The highest BCUT2D eigenvalue weighted by Crippen LogP contribution is 2.23. The summed E-state index contributed by atoms with van der Waals surface area (Å²) in [6, 6.07) is 2.16. The molecule has 1 rings (SSSR count). The quantitative estimate of drug-likeness (QED) is 0.787. The van der Waals surface area contributed by atoms with Crippen molar-refractivity contribution in [1.82, 2.24) is 4.98 Å². The van der Waals surface area contributed by atoms with Crippen LogP contribution in [0.1, 0.15) is 19.4 Å². The molecule has 4 heteroatoms. The van der Waals surface area contributed by atoms with Crippen LogP contribution in [0.2, 0.25) is 5.15 Å². The Labute approximate surface area is 95.8 Å². The van der Waals surface area contributed by atoms with E-state index in [1.54, 1.807) is 6.20 Å². The molecule has 0 saturated heterocycles. The summed E-state index contributed by atoms with van der Waals surface area (Å²) < 4.78 is 5.32. The molecule has 0 aliphatic heterocycles. The van der Waals surface area contributed by atoms with Crippen LogP contribution in [-0.4, -0.2) is 24.2 Å². The van der Waals surface area contributed by atoms with Gasteiger partial charge in [-0.05, 0) is 32.4 Å². The van der Waals surface area contributed by atoms with Gasteiger partial charge in [-0.1, -0.05) is 11.6 Å². The summed E-state index contributed by atoms with van der Waals surface area (Å²) in [4.78, 5) is 4.04. The third kappa shape index (κ3) is 3.68. The lowest BCUT2D eigenvalue weighted by Crippen LogP contribution is -2.22. The number of rotatable bonds is 5. The molecule has 1 atom stereocenters. The number of nitrogens with one attached hydrogen (secondary N) is 1. The van der Waals surface area contributed by atoms with E-state index < -0.39 is 0 Å². The van der Waals surface area contributed by atoms with E-state index in [9.17, 15) is 0 Å². The van der Waals surface area contributed by atoms with Gasteiger partial charge in [0.15, 0.2) is 5.15 Å².